The van der Waals surface area contributed by atoms with Crippen molar-refractivity contribution in [2.75, 3.05) is 0 Å². The zero-order valence-electron chi connectivity index (χ0n) is 8.57. The number of rotatable bonds is 5. The molecule has 1 fully saturated rings. The molecule has 2 rings (SSSR count). The van der Waals surface area contributed by atoms with Gasteiger partial charge in [-0.1, -0.05) is 0 Å². The van der Waals surface area contributed by atoms with Crippen LogP contribution in [0.4, 0.5) is 0 Å². The van der Waals surface area contributed by atoms with Crippen LogP contribution in [-0.4, -0.2) is 15.3 Å². The van der Waals surface area contributed by atoms with Gasteiger partial charge >= 0.3 is 0 Å². The van der Waals surface area contributed by atoms with Gasteiger partial charge in [-0.2, -0.15) is 0 Å². The zero-order chi connectivity index (χ0) is 9.97. The standard InChI is InChI=1S/C11H16N2O/c1-13-7-6-12-11(13)5-4-10(14)8-9-2-3-9/h6-7,9H,2-5,8H2,1H3. The van der Waals surface area contributed by atoms with Crippen molar-refractivity contribution in [2.45, 2.75) is 32.1 Å². The summed E-state index contributed by atoms with van der Waals surface area (Å²) in [4.78, 5) is 15.7. The predicted molar refractivity (Wildman–Crippen MR) is 53.9 cm³/mol. The monoisotopic (exact) mass is 192 g/mol. The average molecular weight is 192 g/mol. The molecule has 0 N–H and O–H groups in total. The number of ketones is 1. The quantitative estimate of drug-likeness (QED) is 0.712. The molecule has 0 radical (unpaired) electrons. The Morgan fingerprint density at radius 2 is 2.43 bits per heavy atom. The highest BCUT2D eigenvalue weighted by atomic mass is 16.1. The van der Waals surface area contributed by atoms with Crippen LogP contribution in [0.15, 0.2) is 12.4 Å². The Bertz CT molecular complexity index is 326. The Kier molecular flexibility index (Phi) is 2.66. The van der Waals surface area contributed by atoms with Gasteiger partial charge in [0.15, 0.2) is 0 Å². The molecule has 0 spiro atoms. The van der Waals surface area contributed by atoms with Gasteiger partial charge < -0.3 is 4.57 Å². The van der Waals surface area contributed by atoms with E-state index in [4.69, 9.17) is 0 Å². The van der Waals surface area contributed by atoms with Gasteiger partial charge in [0.25, 0.3) is 0 Å². The summed E-state index contributed by atoms with van der Waals surface area (Å²) in [5, 5.41) is 0. The molecule has 0 amide bonds. The van der Waals surface area contributed by atoms with E-state index in [9.17, 15) is 4.79 Å². The lowest BCUT2D eigenvalue weighted by Gasteiger charge is -2.00. The highest BCUT2D eigenvalue weighted by Gasteiger charge is 2.23. The summed E-state index contributed by atoms with van der Waals surface area (Å²) in [6.07, 6.45) is 8.45. The molecule has 1 saturated carbocycles. The first-order valence-electron chi connectivity index (χ1n) is 5.23. The number of hydrogen-bond acceptors (Lipinski definition) is 2. The molecule has 0 aliphatic heterocycles. The fraction of sp³-hybridized carbons (Fsp3) is 0.636. The topological polar surface area (TPSA) is 34.9 Å². The van der Waals surface area contributed by atoms with E-state index < -0.39 is 0 Å². The van der Waals surface area contributed by atoms with Gasteiger partial charge in [0.2, 0.25) is 0 Å². The van der Waals surface area contributed by atoms with E-state index in [1.165, 1.54) is 12.8 Å². The van der Waals surface area contributed by atoms with E-state index in [0.717, 1.165) is 18.7 Å². The number of nitrogens with zero attached hydrogens (tertiary/aromatic N) is 2. The Labute approximate surface area is 84.1 Å². The molecule has 1 aliphatic carbocycles. The van der Waals surface area contributed by atoms with Crippen molar-refractivity contribution >= 4 is 5.78 Å². The number of imidazole rings is 1. The third-order valence-electron chi connectivity index (χ3n) is 2.76. The summed E-state index contributed by atoms with van der Waals surface area (Å²) in [6, 6.07) is 0. The molecule has 1 aliphatic rings. The number of aromatic nitrogens is 2. The lowest BCUT2D eigenvalue weighted by molar-refractivity contribution is -0.119. The summed E-state index contributed by atoms with van der Waals surface area (Å²) < 4.78 is 1.98. The van der Waals surface area contributed by atoms with E-state index in [1.54, 1.807) is 6.20 Å². The fourth-order valence-electron chi connectivity index (χ4n) is 1.63. The molecule has 3 nitrogen and oxygen atoms in total. The van der Waals surface area contributed by atoms with Gasteiger partial charge in [-0.25, -0.2) is 4.98 Å². The van der Waals surface area contributed by atoms with Crippen LogP contribution in [0.5, 0.6) is 0 Å². The first kappa shape index (κ1) is 9.44. The van der Waals surface area contributed by atoms with Crippen LogP contribution in [-0.2, 0) is 18.3 Å². The SMILES string of the molecule is Cn1ccnc1CCC(=O)CC1CC1. The molecule has 3 heteroatoms. The van der Waals surface area contributed by atoms with Crippen LogP contribution in [0.25, 0.3) is 0 Å². The van der Waals surface area contributed by atoms with Crippen LogP contribution in [0.1, 0.15) is 31.5 Å². The molecule has 0 unspecified atom stereocenters. The smallest absolute Gasteiger partial charge is 0.133 e. The third-order valence-corrected chi connectivity index (χ3v) is 2.76. The Morgan fingerprint density at radius 1 is 1.64 bits per heavy atom. The molecular weight excluding hydrogens is 176 g/mol. The van der Waals surface area contributed by atoms with Crippen LogP contribution in [0, 0.1) is 5.92 Å². The van der Waals surface area contributed by atoms with Gasteiger partial charge in [0.05, 0.1) is 0 Å². The molecule has 1 aromatic heterocycles. The second-order valence-corrected chi connectivity index (χ2v) is 4.14. The summed E-state index contributed by atoms with van der Waals surface area (Å²) in [6.45, 7) is 0. The van der Waals surface area contributed by atoms with Crippen LogP contribution in [0.2, 0.25) is 0 Å². The lowest BCUT2D eigenvalue weighted by atomic mass is 10.1. The first-order valence-corrected chi connectivity index (χ1v) is 5.23. The molecule has 0 bridgehead atoms. The predicted octanol–water partition coefficient (Wildman–Crippen LogP) is 1.72. The van der Waals surface area contributed by atoms with Gasteiger partial charge in [0, 0.05) is 38.7 Å². The lowest BCUT2D eigenvalue weighted by Crippen LogP contribution is -2.04. The van der Waals surface area contributed by atoms with Crippen molar-refractivity contribution < 1.29 is 4.79 Å². The van der Waals surface area contributed by atoms with Gasteiger partial charge in [-0.05, 0) is 18.8 Å². The average Bonchev–Trinajstić information content (AvgIpc) is 2.86. The van der Waals surface area contributed by atoms with Crippen LogP contribution >= 0.6 is 0 Å². The summed E-state index contributed by atoms with van der Waals surface area (Å²) in [5.41, 5.74) is 0. The summed E-state index contributed by atoms with van der Waals surface area (Å²) in [7, 11) is 1.97. The van der Waals surface area contributed by atoms with Crippen LogP contribution < -0.4 is 0 Å². The third kappa shape index (κ3) is 2.44. The number of carbonyl (C=O) groups is 1. The molecule has 76 valence electrons. The van der Waals surface area contributed by atoms with E-state index in [1.807, 2.05) is 17.8 Å². The molecule has 1 heterocycles. The second-order valence-electron chi connectivity index (χ2n) is 4.14. The second kappa shape index (κ2) is 3.95. The number of Topliss-reactive ketones (excluding diaryl/α,β-unsaturated/α-hetero) is 1. The van der Waals surface area contributed by atoms with Crippen LogP contribution in [0.3, 0.4) is 0 Å². The largest absolute Gasteiger partial charge is 0.338 e. The Hall–Kier alpha value is -1.12. The van der Waals surface area contributed by atoms with Gasteiger partial charge in [0.1, 0.15) is 11.6 Å². The van der Waals surface area contributed by atoms with Crippen molar-refractivity contribution in [3.05, 3.63) is 18.2 Å². The van der Waals surface area contributed by atoms with Gasteiger partial charge in [-0.3, -0.25) is 4.79 Å². The summed E-state index contributed by atoms with van der Waals surface area (Å²) in [5.74, 6) is 2.12. The minimum absolute atomic E-state index is 0.399. The minimum Gasteiger partial charge on any atom is -0.338 e. The first-order chi connectivity index (χ1) is 6.75. The fourth-order valence-corrected chi connectivity index (χ4v) is 1.63. The number of carbonyl (C=O) groups excluding carboxylic acids is 1. The molecule has 0 atom stereocenters. The van der Waals surface area contributed by atoms with Crippen molar-refractivity contribution in [3.8, 4) is 0 Å². The maximum atomic E-state index is 11.5. The Morgan fingerprint density at radius 3 is 3.00 bits per heavy atom. The van der Waals surface area contributed by atoms with Crippen molar-refractivity contribution in [3.63, 3.8) is 0 Å². The van der Waals surface area contributed by atoms with Gasteiger partial charge in [-0.15, -0.1) is 0 Å². The van der Waals surface area contributed by atoms with Crippen molar-refractivity contribution in [1.82, 2.24) is 9.55 Å². The maximum Gasteiger partial charge on any atom is 0.133 e. The molecule has 0 aromatic carbocycles. The van der Waals surface area contributed by atoms with Crippen molar-refractivity contribution in [1.29, 1.82) is 0 Å². The van der Waals surface area contributed by atoms with E-state index >= 15 is 0 Å². The molecule has 0 saturated heterocycles. The van der Waals surface area contributed by atoms with E-state index in [-0.39, 0.29) is 0 Å². The Balaban J connectivity index is 1.76. The normalized spacial score (nSPS) is 15.8. The molecule has 1 aromatic rings. The number of aryl methyl sites for hydroxylation is 2. The molecule has 14 heavy (non-hydrogen) atoms. The highest BCUT2D eigenvalue weighted by Crippen LogP contribution is 2.32. The summed E-state index contributed by atoms with van der Waals surface area (Å²) >= 11 is 0. The van der Waals surface area contributed by atoms with Crippen molar-refractivity contribution in [2.24, 2.45) is 13.0 Å². The molecular formula is C11H16N2O. The minimum atomic E-state index is 0.399. The zero-order valence-corrected chi connectivity index (χ0v) is 8.57. The maximum absolute atomic E-state index is 11.5. The highest BCUT2D eigenvalue weighted by molar-refractivity contribution is 5.79. The van der Waals surface area contributed by atoms with E-state index in [0.29, 0.717) is 18.1 Å². The number of hydrogen-bond donors (Lipinski definition) is 0. The van der Waals surface area contributed by atoms with E-state index in [2.05, 4.69) is 4.98 Å².